The van der Waals surface area contributed by atoms with Crippen molar-refractivity contribution in [3.05, 3.63) is 60.2 Å². The average molecular weight is 410 g/mol. The number of urea groups is 1. The summed E-state index contributed by atoms with van der Waals surface area (Å²) in [5.74, 6) is -0.780. The summed E-state index contributed by atoms with van der Waals surface area (Å²) >= 11 is 0. The van der Waals surface area contributed by atoms with Gasteiger partial charge >= 0.3 is 12.0 Å². The van der Waals surface area contributed by atoms with E-state index in [1.54, 1.807) is 36.1 Å². The Labute approximate surface area is 175 Å². The van der Waals surface area contributed by atoms with Crippen LogP contribution in [0.2, 0.25) is 0 Å². The summed E-state index contributed by atoms with van der Waals surface area (Å²) in [5.41, 5.74) is 2.07. The number of ether oxygens (including phenoxy) is 1. The summed E-state index contributed by atoms with van der Waals surface area (Å²) in [7, 11) is 1.31. The molecule has 3 rings (SSSR count). The minimum absolute atomic E-state index is 0.258. The van der Waals surface area contributed by atoms with E-state index in [-0.39, 0.29) is 11.9 Å². The molecule has 1 heterocycles. The van der Waals surface area contributed by atoms with Gasteiger partial charge in [-0.2, -0.15) is 0 Å². The highest BCUT2D eigenvalue weighted by atomic mass is 16.5. The van der Waals surface area contributed by atoms with E-state index in [0.717, 1.165) is 18.8 Å². The number of methoxy groups -OCH3 is 1. The van der Waals surface area contributed by atoms with Crippen LogP contribution in [0.1, 0.15) is 17.3 Å². The lowest BCUT2D eigenvalue weighted by Gasteiger charge is -2.36. The maximum Gasteiger partial charge on any atom is 0.337 e. The van der Waals surface area contributed by atoms with Crippen molar-refractivity contribution >= 4 is 29.3 Å². The van der Waals surface area contributed by atoms with Gasteiger partial charge in [0, 0.05) is 37.6 Å². The van der Waals surface area contributed by atoms with Gasteiger partial charge in [-0.25, -0.2) is 9.59 Å². The number of esters is 1. The first-order chi connectivity index (χ1) is 14.5. The van der Waals surface area contributed by atoms with E-state index >= 15 is 0 Å². The largest absolute Gasteiger partial charge is 0.465 e. The summed E-state index contributed by atoms with van der Waals surface area (Å²) in [6.45, 7) is 4.29. The Morgan fingerprint density at radius 3 is 2.17 bits per heavy atom. The van der Waals surface area contributed by atoms with Crippen molar-refractivity contribution in [1.29, 1.82) is 0 Å². The number of carbonyl (C=O) groups is 3. The van der Waals surface area contributed by atoms with Gasteiger partial charge in [0.15, 0.2) is 0 Å². The van der Waals surface area contributed by atoms with E-state index in [9.17, 15) is 14.4 Å². The fraction of sp³-hybridized carbons (Fsp3) is 0.318. The number of anilines is 2. The molecule has 2 aromatic carbocycles. The van der Waals surface area contributed by atoms with Gasteiger partial charge in [-0.05, 0) is 43.3 Å². The number of benzene rings is 2. The third kappa shape index (κ3) is 5.28. The number of amides is 3. The third-order valence-electron chi connectivity index (χ3n) is 5.00. The Morgan fingerprint density at radius 2 is 1.57 bits per heavy atom. The van der Waals surface area contributed by atoms with Gasteiger partial charge in [0.1, 0.15) is 6.04 Å². The molecule has 0 saturated carbocycles. The van der Waals surface area contributed by atoms with E-state index in [1.807, 2.05) is 18.2 Å². The number of hydrogen-bond donors (Lipinski definition) is 2. The van der Waals surface area contributed by atoms with Crippen LogP contribution in [0.5, 0.6) is 0 Å². The van der Waals surface area contributed by atoms with Gasteiger partial charge in [0.2, 0.25) is 5.91 Å². The molecule has 1 fully saturated rings. The predicted octanol–water partition coefficient (Wildman–Crippen LogP) is 2.33. The molecule has 0 bridgehead atoms. The lowest BCUT2D eigenvalue weighted by atomic mass is 10.2. The highest BCUT2D eigenvalue weighted by Gasteiger charge is 2.24. The standard InChI is InChI=1S/C22H26N4O4/c1-16(20(27)24-18-10-8-17(9-11-18)21(28)30-2)23-22(29)26-14-12-25(13-15-26)19-6-4-3-5-7-19/h3-11,16H,12-15H2,1-2H3,(H,23,29)(H,24,27)/t16-/m1/s1. The van der Waals surface area contributed by atoms with Crippen molar-refractivity contribution in [2.45, 2.75) is 13.0 Å². The van der Waals surface area contributed by atoms with Gasteiger partial charge in [-0.15, -0.1) is 0 Å². The molecule has 30 heavy (non-hydrogen) atoms. The van der Waals surface area contributed by atoms with E-state index in [1.165, 1.54) is 7.11 Å². The molecule has 8 nitrogen and oxygen atoms in total. The summed E-state index contributed by atoms with van der Waals surface area (Å²) in [6, 6.07) is 15.5. The summed E-state index contributed by atoms with van der Waals surface area (Å²) in [5, 5.41) is 5.48. The zero-order valence-electron chi connectivity index (χ0n) is 17.1. The van der Waals surface area contributed by atoms with Crippen LogP contribution >= 0.6 is 0 Å². The predicted molar refractivity (Wildman–Crippen MR) is 115 cm³/mol. The minimum Gasteiger partial charge on any atom is -0.465 e. The maximum atomic E-state index is 12.5. The topological polar surface area (TPSA) is 91.0 Å². The van der Waals surface area contributed by atoms with Crippen LogP contribution in [-0.4, -0.2) is 62.1 Å². The summed E-state index contributed by atoms with van der Waals surface area (Å²) in [6.07, 6.45) is 0. The second kappa shape index (κ2) is 9.78. The fourth-order valence-electron chi connectivity index (χ4n) is 3.21. The molecular formula is C22H26N4O4. The van der Waals surface area contributed by atoms with Crippen LogP contribution in [-0.2, 0) is 9.53 Å². The Morgan fingerprint density at radius 1 is 0.933 bits per heavy atom. The SMILES string of the molecule is COC(=O)c1ccc(NC(=O)[C@@H](C)NC(=O)N2CCN(c3ccccc3)CC2)cc1. The van der Waals surface area contributed by atoms with Crippen molar-refractivity contribution in [3.8, 4) is 0 Å². The molecule has 8 heteroatoms. The van der Waals surface area contributed by atoms with Crippen molar-refractivity contribution in [1.82, 2.24) is 10.2 Å². The molecular weight excluding hydrogens is 384 g/mol. The molecule has 1 saturated heterocycles. The van der Waals surface area contributed by atoms with Gasteiger partial charge < -0.3 is 25.2 Å². The number of rotatable bonds is 5. The number of carbonyl (C=O) groups excluding carboxylic acids is 3. The second-order valence-electron chi connectivity index (χ2n) is 7.04. The van der Waals surface area contributed by atoms with Crippen LogP contribution in [0.15, 0.2) is 54.6 Å². The molecule has 0 unspecified atom stereocenters. The number of para-hydroxylation sites is 1. The number of nitrogens with one attached hydrogen (secondary N) is 2. The fourth-order valence-corrected chi connectivity index (χ4v) is 3.21. The van der Waals surface area contributed by atoms with Crippen LogP contribution in [0.25, 0.3) is 0 Å². The molecule has 3 amide bonds. The molecule has 1 atom stereocenters. The van der Waals surface area contributed by atoms with E-state index in [2.05, 4.69) is 32.4 Å². The second-order valence-corrected chi connectivity index (χ2v) is 7.04. The minimum atomic E-state index is -0.704. The van der Waals surface area contributed by atoms with E-state index in [4.69, 9.17) is 0 Å². The third-order valence-corrected chi connectivity index (χ3v) is 5.00. The normalized spacial score (nSPS) is 14.6. The zero-order chi connectivity index (χ0) is 21.5. The van der Waals surface area contributed by atoms with E-state index in [0.29, 0.717) is 24.3 Å². The Hall–Kier alpha value is -3.55. The molecule has 0 spiro atoms. The van der Waals surface area contributed by atoms with Crippen molar-refractivity contribution in [3.63, 3.8) is 0 Å². The zero-order valence-corrected chi connectivity index (χ0v) is 17.1. The smallest absolute Gasteiger partial charge is 0.337 e. The molecule has 1 aliphatic heterocycles. The average Bonchev–Trinajstić information content (AvgIpc) is 2.79. The van der Waals surface area contributed by atoms with Crippen LogP contribution < -0.4 is 15.5 Å². The quantitative estimate of drug-likeness (QED) is 0.739. The molecule has 0 radical (unpaired) electrons. The molecule has 1 aliphatic rings. The number of hydrogen-bond acceptors (Lipinski definition) is 5. The van der Waals surface area contributed by atoms with Crippen molar-refractivity contribution in [2.75, 3.05) is 43.5 Å². The molecule has 158 valence electrons. The van der Waals surface area contributed by atoms with Crippen molar-refractivity contribution < 1.29 is 19.1 Å². The Balaban J connectivity index is 1.47. The monoisotopic (exact) mass is 410 g/mol. The number of piperazine rings is 1. The van der Waals surface area contributed by atoms with Crippen LogP contribution in [0.4, 0.5) is 16.2 Å². The highest BCUT2D eigenvalue weighted by molar-refractivity contribution is 5.97. The molecule has 0 aliphatic carbocycles. The maximum absolute atomic E-state index is 12.5. The summed E-state index contributed by atoms with van der Waals surface area (Å²) in [4.78, 5) is 40.3. The van der Waals surface area contributed by atoms with Crippen LogP contribution in [0.3, 0.4) is 0 Å². The van der Waals surface area contributed by atoms with Crippen molar-refractivity contribution in [2.24, 2.45) is 0 Å². The number of nitrogens with zero attached hydrogens (tertiary/aromatic N) is 2. The van der Waals surface area contributed by atoms with Gasteiger partial charge in [0.25, 0.3) is 0 Å². The molecule has 2 aromatic rings. The first kappa shape index (κ1) is 21.2. The lowest BCUT2D eigenvalue weighted by molar-refractivity contribution is -0.117. The van der Waals surface area contributed by atoms with Gasteiger partial charge in [0.05, 0.1) is 12.7 Å². The first-order valence-electron chi connectivity index (χ1n) is 9.82. The Bertz CT molecular complexity index is 878. The lowest BCUT2D eigenvalue weighted by Crippen LogP contribution is -2.54. The molecule has 0 aromatic heterocycles. The summed E-state index contributed by atoms with van der Waals surface area (Å²) < 4.78 is 4.65. The van der Waals surface area contributed by atoms with Crippen LogP contribution in [0, 0.1) is 0 Å². The van der Waals surface area contributed by atoms with Gasteiger partial charge in [-0.3, -0.25) is 4.79 Å². The molecule has 2 N–H and O–H groups in total. The van der Waals surface area contributed by atoms with E-state index < -0.39 is 12.0 Å². The van der Waals surface area contributed by atoms with Gasteiger partial charge in [-0.1, -0.05) is 18.2 Å². The highest BCUT2D eigenvalue weighted by Crippen LogP contribution is 2.16. The Kier molecular flexibility index (Phi) is 6.90. The first-order valence-corrected chi connectivity index (χ1v) is 9.82.